The van der Waals surface area contributed by atoms with Gasteiger partial charge in [-0.3, -0.25) is 18.6 Å². The van der Waals surface area contributed by atoms with Gasteiger partial charge in [0, 0.05) is 12.8 Å². The van der Waals surface area contributed by atoms with E-state index in [4.69, 9.17) is 19.1 Å². The van der Waals surface area contributed by atoms with Gasteiger partial charge in [0.2, 0.25) is 0 Å². The second-order valence-electron chi connectivity index (χ2n) is 13.3. The van der Waals surface area contributed by atoms with Crippen LogP contribution in [0, 0.1) is 0 Å². The number of aliphatic hydroxyl groups is 2. The van der Waals surface area contributed by atoms with Gasteiger partial charge in [-0.15, -0.1) is 0 Å². The first-order chi connectivity index (χ1) is 23.7. The molecule has 0 aromatic rings. The minimum absolute atomic E-state index is 0.187. The summed E-state index contributed by atoms with van der Waals surface area (Å²) >= 11 is 0. The lowest BCUT2D eigenvalue weighted by Crippen LogP contribution is -2.29. The molecule has 10 nitrogen and oxygen atoms in total. The average molecular weight is 721 g/mol. The fourth-order valence-corrected chi connectivity index (χ4v) is 6.13. The summed E-state index contributed by atoms with van der Waals surface area (Å²) in [6.45, 7) is 2.35. The molecule has 0 radical (unpaired) electrons. The minimum atomic E-state index is -4.61. The maximum atomic E-state index is 12.5. The first-order valence-corrected chi connectivity index (χ1v) is 21.1. The van der Waals surface area contributed by atoms with Gasteiger partial charge in [-0.25, -0.2) is 4.57 Å². The van der Waals surface area contributed by atoms with Crippen molar-refractivity contribution < 1.29 is 47.8 Å². The van der Waals surface area contributed by atoms with Crippen LogP contribution in [0.1, 0.15) is 181 Å². The number of esters is 2. The number of hydrogen-bond donors (Lipinski definition) is 3. The van der Waals surface area contributed by atoms with Crippen LogP contribution < -0.4 is 0 Å². The lowest BCUT2D eigenvalue weighted by atomic mass is 10.0. The molecule has 0 amide bonds. The summed E-state index contributed by atoms with van der Waals surface area (Å²) in [7, 11) is -4.61. The van der Waals surface area contributed by atoms with E-state index >= 15 is 0 Å². The van der Waals surface area contributed by atoms with Crippen molar-refractivity contribution in [3.8, 4) is 0 Å². The Balaban J connectivity index is 4.35. The number of phosphoric acid groups is 1. The lowest BCUT2D eigenvalue weighted by Gasteiger charge is -2.20. The molecule has 49 heavy (non-hydrogen) atoms. The number of aliphatic hydroxyl groups excluding tert-OH is 2. The van der Waals surface area contributed by atoms with E-state index in [0.29, 0.717) is 12.8 Å². The Hall–Kier alpha value is -1.29. The Bertz CT molecular complexity index is 837. The number of carbonyl (C=O) groups is 2. The van der Waals surface area contributed by atoms with Crippen molar-refractivity contribution in [1.29, 1.82) is 0 Å². The molecular weight excluding hydrogens is 647 g/mol. The third-order valence-electron chi connectivity index (χ3n) is 8.42. The van der Waals surface area contributed by atoms with Crippen molar-refractivity contribution in [2.75, 3.05) is 26.4 Å². The van der Waals surface area contributed by atoms with Crippen LogP contribution in [0.3, 0.4) is 0 Å². The van der Waals surface area contributed by atoms with Crippen molar-refractivity contribution in [2.24, 2.45) is 0 Å². The molecule has 0 aromatic heterocycles. The van der Waals surface area contributed by atoms with Gasteiger partial charge >= 0.3 is 19.8 Å². The number of ether oxygens (including phenoxy) is 2. The van der Waals surface area contributed by atoms with Crippen LogP contribution in [-0.2, 0) is 32.7 Å². The largest absolute Gasteiger partial charge is 0.472 e. The zero-order chi connectivity index (χ0) is 36.3. The minimum Gasteiger partial charge on any atom is -0.462 e. The highest BCUT2D eigenvalue weighted by Gasteiger charge is 2.27. The van der Waals surface area contributed by atoms with E-state index in [1.54, 1.807) is 0 Å². The topological polar surface area (TPSA) is 149 Å². The van der Waals surface area contributed by atoms with Gasteiger partial charge in [-0.2, -0.15) is 0 Å². The van der Waals surface area contributed by atoms with E-state index in [-0.39, 0.29) is 19.4 Å². The molecule has 0 saturated carbocycles. The van der Waals surface area contributed by atoms with Crippen molar-refractivity contribution in [1.82, 2.24) is 0 Å². The molecule has 0 bridgehead atoms. The standard InChI is InChI=1S/C38H73O10P/c1-3-5-7-9-11-13-15-17-19-21-23-25-27-29-37(41)45-33-36(34-47-49(43,44)46-32-35(40)31-39)48-38(42)30-28-26-24-22-20-18-16-14-12-10-8-6-4-2/h13,15,35-36,39-40H,3-12,14,16-34H2,1-2H3,(H,43,44). The van der Waals surface area contributed by atoms with E-state index < -0.39 is 51.8 Å². The van der Waals surface area contributed by atoms with Crippen LogP contribution in [0.4, 0.5) is 0 Å². The molecule has 0 aliphatic heterocycles. The molecule has 0 aromatic carbocycles. The Morgan fingerprint density at radius 2 is 1.00 bits per heavy atom. The summed E-state index contributed by atoms with van der Waals surface area (Å²) in [5.74, 6) is -0.929. The molecule has 0 fully saturated rings. The summed E-state index contributed by atoms with van der Waals surface area (Å²) in [5.41, 5.74) is 0. The van der Waals surface area contributed by atoms with Crippen molar-refractivity contribution in [3.63, 3.8) is 0 Å². The maximum absolute atomic E-state index is 12.5. The Kier molecular flexibility index (Phi) is 34.2. The third-order valence-corrected chi connectivity index (χ3v) is 9.37. The molecule has 0 aliphatic carbocycles. The number of hydrogen-bond acceptors (Lipinski definition) is 9. The third kappa shape index (κ3) is 34.9. The van der Waals surface area contributed by atoms with E-state index in [1.165, 1.54) is 83.5 Å². The van der Waals surface area contributed by atoms with E-state index in [9.17, 15) is 24.2 Å². The smallest absolute Gasteiger partial charge is 0.462 e. The monoisotopic (exact) mass is 720 g/mol. The zero-order valence-corrected chi connectivity index (χ0v) is 32.1. The zero-order valence-electron chi connectivity index (χ0n) is 31.2. The molecule has 0 saturated heterocycles. The van der Waals surface area contributed by atoms with Gasteiger partial charge < -0.3 is 24.6 Å². The van der Waals surface area contributed by atoms with Gasteiger partial charge in [0.25, 0.3) is 0 Å². The van der Waals surface area contributed by atoms with Crippen LogP contribution in [0.2, 0.25) is 0 Å². The summed E-state index contributed by atoms with van der Waals surface area (Å²) in [6.07, 6.45) is 30.3. The lowest BCUT2D eigenvalue weighted by molar-refractivity contribution is -0.161. The van der Waals surface area contributed by atoms with Gasteiger partial charge in [0.15, 0.2) is 6.10 Å². The molecule has 11 heteroatoms. The molecule has 290 valence electrons. The van der Waals surface area contributed by atoms with Crippen LogP contribution >= 0.6 is 7.82 Å². The van der Waals surface area contributed by atoms with Crippen LogP contribution in [0.25, 0.3) is 0 Å². The fraction of sp³-hybridized carbons (Fsp3) is 0.895. The normalized spacial score (nSPS) is 14.1. The van der Waals surface area contributed by atoms with Crippen molar-refractivity contribution in [2.45, 2.75) is 193 Å². The first kappa shape index (κ1) is 47.7. The highest BCUT2D eigenvalue weighted by molar-refractivity contribution is 7.47. The van der Waals surface area contributed by atoms with Crippen LogP contribution in [-0.4, -0.2) is 65.7 Å². The van der Waals surface area contributed by atoms with Crippen LogP contribution in [0.15, 0.2) is 12.2 Å². The summed E-state index contributed by atoms with van der Waals surface area (Å²) in [6, 6.07) is 0. The van der Waals surface area contributed by atoms with Crippen LogP contribution in [0.5, 0.6) is 0 Å². The van der Waals surface area contributed by atoms with Gasteiger partial charge in [0.05, 0.1) is 19.8 Å². The number of carbonyl (C=O) groups excluding carboxylic acids is 2. The van der Waals surface area contributed by atoms with Gasteiger partial charge in [0.1, 0.15) is 12.7 Å². The summed E-state index contributed by atoms with van der Waals surface area (Å²) < 4.78 is 32.6. The van der Waals surface area contributed by atoms with Gasteiger partial charge in [-0.05, 0) is 38.5 Å². The second kappa shape index (κ2) is 35.1. The van der Waals surface area contributed by atoms with E-state index in [0.717, 1.165) is 57.8 Å². The number of allylic oxidation sites excluding steroid dienone is 2. The molecule has 0 spiro atoms. The number of rotatable bonds is 37. The molecule has 0 heterocycles. The number of phosphoric ester groups is 1. The maximum Gasteiger partial charge on any atom is 0.472 e. The summed E-state index contributed by atoms with van der Waals surface area (Å²) in [4.78, 5) is 34.8. The molecule has 3 N–H and O–H groups in total. The van der Waals surface area contributed by atoms with E-state index in [1.807, 2.05) is 0 Å². The summed E-state index contributed by atoms with van der Waals surface area (Å²) in [5, 5.41) is 18.3. The quantitative estimate of drug-likeness (QED) is 0.0245. The first-order valence-electron chi connectivity index (χ1n) is 19.6. The van der Waals surface area contributed by atoms with Gasteiger partial charge in [-0.1, -0.05) is 142 Å². The average Bonchev–Trinajstić information content (AvgIpc) is 3.09. The SMILES string of the molecule is CCCCCCC=CCCCCCCCC(=O)OCC(COP(=O)(O)OCC(O)CO)OC(=O)CCCCCCCCCCCCCCC. The molecule has 0 rings (SSSR count). The molecule has 3 unspecified atom stereocenters. The second-order valence-corrected chi connectivity index (χ2v) is 14.8. The molecule has 0 aliphatic rings. The predicted octanol–water partition coefficient (Wildman–Crippen LogP) is 9.67. The molecule has 3 atom stereocenters. The number of unbranched alkanes of at least 4 members (excludes halogenated alkanes) is 21. The van der Waals surface area contributed by atoms with Crippen molar-refractivity contribution in [3.05, 3.63) is 12.2 Å². The highest BCUT2D eigenvalue weighted by Crippen LogP contribution is 2.43. The fourth-order valence-electron chi connectivity index (χ4n) is 5.34. The predicted molar refractivity (Wildman–Crippen MR) is 196 cm³/mol. The van der Waals surface area contributed by atoms with Crippen molar-refractivity contribution >= 4 is 19.8 Å². The molecular formula is C38H73O10P. The Morgan fingerprint density at radius 1 is 0.592 bits per heavy atom. The Labute approximate surface area is 298 Å². The Morgan fingerprint density at radius 3 is 1.49 bits per heavy atom. The van der Waals surface area contributed by atoms with E-state index in [2.05, 4.69) is 30.5 Å². The highest BCUT2D eigenvalue weighted by atomic mass is 31.2.